The monoisotopic (exact) mass is 463 g/mol. The molecule has 0 saturated carbocycles. The van der Waals surface area contributed by atoms with Crippen molar-refractivity contribution < 1.29 is 14.3 Å². The lowest BCUT2D eigenvalue weighted by atomic mass is 9.76. The van der Waals surface area contributed by atoms with Crippen LogP contribution in [0.1, 0.15) is 45.4 Å². The third-order valence-corrected chi connectivity index (χ3v) is 7.12. The number of anilines is 1. The molecule has 1 aromatic carbocycles. The van der Waals surface area contributed by atoms with E-state index in [0.717, 1.165) is 47.2 Å². The van der Waals surface area contributed by atoms with Crippen molar-refractivity contribution in [1.82, 2.24) is 20.1 Å². The van der Waals surface area contributed by atoms with Crippen LogP contribution in [0.2, 0.25) is 0 Å². The van der Waals surface area contributed by atoms with Gasteiger partial charge in [-0.2, -0.15) is 5.10 Å². The number of ether oxygens (including phenoxy) is 1. The number of aromatic amines is 2. The van der Waals surface area contributed by atoms with Crippen LogP contribution in [-0.2, 0) is 27.2 Å². The standard InChI is InChI=1S/C26H33N5O3/c1-25(2)9-8-18-21(12-25)28-29-24(18)20-10-16-6-7-17(11-19(16)27-20)30(5)22(32)13-31-15-26(3,4)34-14-23(31)33/h6-7,10-11,27H,8-9,12-15H2,1-5H3,(H,28,29). The highest BCUT2D eigenvalue weighted by atomic mass is 16.5. The number of rotatable bonds is 4. The number of nitrogens with zero attached hydrogens (tertiary/aromatic N) is 3. The van der Waals surface area contributed by atoms with E-state index in [-0.39, 0.29) is 25.0 Å². The van der Waals surface area contributed by atoms with Crippen molar-refractivity contribution in [1.29, 1.82) is 0 Å². The van der Waals surface area contributed by atoms with Crippen molar-refractivity contribution in [3.8, 4) is 11.4 Å². The molecule has 1 aliphatic carbocycles. The molecule has 180 valence electrons. The Hall–Kier alpha value is -3.13. The minimum absolute atomic E-state index is 0.00952. The largest absolute Gasteiger partial charge is 0.364 e. The first kappa shape index (κ1) is 22.7. The summed E-state index contributed by atoms with van der Waals surface area (Å²) in [6.45, 7) is 8.89. The fourth-order valence-corrected chi connectivity index (χ4v) is 5.02. The van der Waals surface area contributed by atoms with Gasteiger partial charge in [0.15, 0.2) is 0 Å². The van der Waals surface area contributed by atoms with Crippen LogP contribution < -0.4 is 4.90 Å². The van der Waals surface area contributed by atoms with Crippen molar-refractivity contribution in [3.63, 3.8) is 0 Å². The molecule has 8 nitrogen and oxygen atoms in total. The molecule has 2 N–H and O–H groups in total. The molecule has 0 radical (unpaired) electrons. The maximum absolute atomic E-state index is 13.0. The Balaban J connectivity index is 1.36. The first-order valence-corrected chi connectivity index (χ1v) is 11.9. The van der Waals surface area contributed by atoms with E-state index in [9.17, 15) is 9.59 Å². The molecule has 1 aliphatic heterocycles. The topological polar surface area (TPSA) is 94.3 Å². The average molecular weight is 464 g/mol. The Morgan fingerprint density at radius 2 is 2.03 bits per heavy atom. The van der Waals surface area contributed by atoms with Gasteiger partial charge in [-0.15, -0.1) is 0 Å². The summed E-state index contributed by atoms with van der Waals surface area (Å²) in [6, 6.07) is 8.04. The van der Waals surface area contributed by atoms with E-state index < -0.39 is 5.60 Å². The van der Waals surface area contributed by atoms with Gasteiger partial charge in [0.1, 0.15) is 18.8 Å². The molecule has 0 unspecified atom stereocenters. The highest BCUT2D eigenvalue weighted by Crippen LogP contribution is 2.38. The van der Waals surface area contributed by atoms with E-state index in [0.29, 0.717) is 12.0 Å². The average Bonchev–Trinajstić information content (AvgIpc) is 3.37. The predicted molar refractivity (Wildman–Crippen MR) is 132 cm³/mol. The van der Waals surface area contributed by atoms with E-state index >= 15 is 0 Å². The van der Waals surface area contributed by atoms with E-state index in [1.54, 1.807) is 16.8 Å². The van der Waals surface area contributed by atoms with Crippen LogP contribution in [-0.4, -0.2) is 64.2 Å². The summed E-state index contributed by atoms with van der Waals surface area (Å²) in [6.07, 6.45) is 3.17. The van der Waals surface area contributed by atoms with Crippen molar-refractivity contribution >= 4 is 28.4 Å². The molecule has 2 amide bonds. The second kappa shape index (κ2) is 7.98. The first-order valence-electron chi connectivity index (χ1n) is 11.9. The number of likely N-dealkylation sites (N-methyl/N-ethyl adjacent to an activating group) is 1. The van der Waals surface area contributed by atoms with Crippen molar-refractivity contribution in [3.05, 3.63) is 35.5 Å². The first-order chi connectivity index (χ1) is 16.0. The van der Waals surface area contributed by atoms with Crippen LogP contribution in [0, 0.1) is 5.41 Å². The molecule has 1 fully saturated rings. The molecule has 2 aromatic heterocycles. The highest BCUT2D eigenvalue weighted by molar-refractivity contribution is 5.98. The van der Waals surface area contributed by atoms with Gasteiger partial charge in [-0.3, -0.25) is 14.7 Å². The maximum Gasteiger partial charge on any atom is 0.249 e. The minimum Gasteiger partial charge on any atom is -0.364 e. The molecular weight excluding hydrogens is 430 g/mol. The van der Waals surface area contributed by atoms with Gasteiger partial charge >= 0.3 is 0 Å². The molecule has 3 aromatic rings. The molecular formula is C26H33N5O3. The maximum atomic E-state index is 13.0. The summed E-state index contributed by atoms with van der Waals surface area (Å²) in [5.74, 6) is -0.294. The lowest BCUT2D eigenvalue weighted by Crippen LogP contribution is -2.54. The van der Waals surface area contributed by atoms with Crippen molar-refractivity contribution in [2.24, 2.45) is 5.41 Å². The van der Waals surface area contributed by atoms with Gasteiger partial charge in [0.2, 0.25) is 11.8 Å². The van der Waals surface area contributed by atoms with E-state index in [2.05, 4.69) is 35.1 Å². The summed E-state index contributed by atoms with van der Waals surface area (Å²) in [5.41, 5.74) is 6.08. The van der Waals surface area contributed by atoms with Crippen molar-refractivity contribution in [2.45, 2.75) is 52.6 Å². The fourth-order valence-electron chi connectivity index (χ4n) is 5.02. The summed E-state index contributed by atoms with van der Waals surface area (Å²) in [7, 11) is 1.75. The molecule has 5 rings (SSSR count). The molecule has 1 saturated heterocycles. The van der Waals surface area contributed by atoms with Crippen LogP contribution in [0.3, 0.4) is 0 Å². The Morgan fingerprint density at radius 3 is 2.82 bits per heavy atom. The Kier molecular flexibility index (Phi) is 5.31. The molecule has 2 aliphatic rings. The van der Waals surface area contributed by atoms with E-state index in [1.165, 1.54) is 11.3 Å². The number of fused-ring (bicyclic) bond motifs is 2. The number of aromatic nitrogens is 3. The van der Waals surface area contributed by atoms with Gasteiger partial charge in [-0.05, 0) is 56.7 Å². The smallest absolute Gasteiger partial charge is 0.249 e. The van der Waals surface area contributed by atoms with Crippen LogP contribution in [0.4, 0.5) is 5.69 Å². The van der Waals surface area contributed by atoms with Crippen LogP contribution in [0.15, 0.2) is 24.3 Å². The zero-order valence-electron chi connectivity index (χ0n) is 20.6. The second-order valence-electron chi connectivity index (χ2n) is 11.1. The number of carbonyl (C=O) groups excluding carboxylic acids is 2. The lowest BCUT2D eigenvalue weighted by molar-refractivity contribution is -0.160. The second-order valence-corrected chi connectivity index (χ2v) is 11.1. The number of nitrogens with one attached hydrogen (secondary N) is 2. The van der Waals surface area contributed by atoms with Crippen molar-refractivity contribution in [2.75, 3.05) is 31.6 Å². The van der Waals surface area contributed by atoms with E-state index in [1.807, 2.05) is 32.0 Å². The van der Waals surface area contributed by atoms with Crippen LogP contribution >= 0.6 is 0 Å². The van der Waals surface area contributed by atoms with Gasteiger partial charge in [0.25, 0.3) is 0 Å². The SMILES string of the molecule is CN(C(=O)CN1CC(C)(C)OCC1=O)c1ccc2cc(-c3n[nH]c4c3CCC(C)(C)C4)[nH]c2c1. The zero-order valence-corrected chi connectivity index (χ0v) is 20.6. The summed E-state index contributed by atoms with van der Waals surface area (Å²) in [5, 5.41) is 8.95. The summed E-state index contributed by atoms with van der Waals surface area (Å²) in [4.78, 5) is 31.9. The third-order valence-electron chi connectivity index (χ3n) is 7.12. The predicted octanol–water partition coefficient (Wildman–Crippen LogP) is 3.67. The number of carbonyl (C=O) groups is 2. The summed E-state index contributed by atoms with van der Waals surface area (Å²) < 4.78 is 5.53. The highest BCUT2D eigenvalue weighted by Gasteiger charge is 2.34. The van der Waals surface area contributed by atoms with Gasteiger partial charge in [0.05, 0.1) is 11.3 Å². The molecule has 8 heteroatoms. The van der Waals surface area contributed by atoms with E-state index in [4.69, 9.17) is 4.74 Å². The molecule has 0 atom stereocenters. The Labute approximate surface area is 199 Å². The Morgan fingerprint density at radius 1 is 1.24 bits per heavy atom. The van der Waals surface area contributed by atoms with Gasteiger partial charge in [-0.25, -0.2) is 0 Å². The van der Waals surface area contributed by atoms with Gasteiger partial charge in [-0.1, -0.05) is 19.9 Å². The summed E-state index contributed by atoms with van der Waals surface area (Å²) >= 11 is 0. The van der Waals surface area contributed by atoms with Crippen LogP contribution in [0.25, 0.3) is 22.3 Å². The number of amides is 2. The van der Waals surface area contributed by atoms with Gasteiger partial charge in [0, 0.05) is 41.4 Å². The molecule has 34 heavy (non-hydrogen) atoms. The minimum atomic E-state index is -0.451. The number of hydrogen-bond acceptors (Lipinski definition) is 4. The molecule has 3 heterocycles. The quantitative estimate of drug-likeness (QED) is 0.617. The number of H-pyrrole nitrogens is 2. The fraction of sp³-hybridized carbons (Fsp3) is 0.500. The number of hydrogen-bond donors (Lipinski definition) is 2. The van der Waals surface area contributed by atoms with Crippen LogP contribution in [0.5, 0.6) is 0 Å². The number of benzene rings is 1. The zero-order chi connectivity index (χ0) is 24.3. The molecule has 0 spiro atoms. The Bertz CT molecular complexity index is 1270. The van der Waals surface area contributed by atoms with Gasteiger partial charge < -0.3 is 19.5 Å². The number of morpholine rings is 1. The lowest BCUT2D eigenvalue weighted by Gasteiger charge is -2.38. The third kappa shape index (κ3) is 4.22. The molecule has 0 bridgehead atoms. The normalized spacial score (nSPS) is 19.3.